The predicted molar refractivity (Wildman–Crippen MR) is 93.7 cm³/mol. The van der Waals surface area contributed by atoms with Gasteiger partial charge in [0.2, 0.25) is 5.91 Å². The molecule has 1 saturated carbocycles. The first-order valence-corrected chi connectivity index (χ1v) is 8.97. The van der Waals surface area contributed by atoms with Gasteiger partial charge in [0, 0.05) is 25.3 Å². The molecule has 0 spiro atoms. The van der Waals surface area contributed by atoms with E-state index in [9.17, 15) is 9.90 Å². The highest BCUT2D eigenvalue weighted by atomic mass is 16.5. The Morgan fingerprint density at radius 2 is 2.04 bits per heavy atom. The van der Waals surface area contributed by atoms with Gasteiger partial charge in [-0.3, -0.25) is 9.69 Å². The number of amides is 1. The van der Waals surface area contributed by atoms with Gasteiger partial charge in [-0.05, 0) is 50.8 Å². The zero-order valence-electron chi connectivity index (χ0n) is 14.6. The smallest absolute Gasteiger partial charge is 0.230 e. The van der Waals surface area contributed by atoms with Crippen LogP contribution in [0.25, 0.3) is 0 Å². The molecule has 2 fully saturated rings. The highest BCUT2D eigenvalue weighted by molar-refractivity contribution is 5.93. The summed E-state index contributed by atoms with van der Waals surface area (Å²) in [6.07, 6.45) is 2.43. The summed E-state index contributed by atoms with van der Waals surface area (Å²) in [6.45, 7) is 6.91. The first kappa shape index (κ1) is 17.4. The normalized spacial score (nSPS) is 31.1. The number of rotatable bonds is 4. The van der Waals surface area contributed by atoms with Crippen LogP contribution in [0.4, 0.5) is 5.69 Å². The summed E-state index contributed by atoms with van der Waals surface area (Å²) >= 11 is 0. The van der Waals surface area contributed by atoms with E-state index < -0.39 is 6.10 Å². The van der Waals surface area contributed by atoms with Crippen LogP contribution in [0.3, 0.4) is 0 Å². The fraction of sp³-hybridized carbons (Fsp3) is 0.632. The number of anilines is 1. The van der Waals surface area contributed by atoms with Crippen molar-refractivity contribution in [3.8, 4) is 0 Å². The minimum atomic E-state index is -0.496. The fourth-order valence-corrected chi connectivity index (χ4v) is 3.90. The lowest BCUT2D eigenvalue weighted by atomic mass is 10.0. The van der Waals surface area contributed by atoms with Crippen molar-refractivity contribution in [2.75, 3.05) is 18.4 Å². The molecule has 2 N–H and O–H groups in total. The number of hydrogen-bond acceptors (Lipinski definition) is 4. The molecule has 3 rings (SSSR count). The Kier molecular flexibility index (Phi) is 5.54. The Bertz CT molecular complexity index is 567. The molecule has 132 valence electrons. The molecule has 1 saturated heterocycles. The van der Waals surface area contributed by atoms with E-state index in [0.29, 0.717) is 0 Å². The molecule has 1 heterocycles. The van der Waals surface area contributed by atoms with E-state index in [2.05, 4.69) is 30.1 Å². The van der Waals surface area contributed by atoms with E-state index in [1.807, 2.05) is 18.2 Å². The van der Waals surface area contributed by atoms with Crippen LogP contribution >= 0.6 is 0 Å². The summed E-state index contributed by atoms with van der Waals surface area (Å²) in [5.41, 5.74) is 1.99. The molecule has 5 heteroatoms. The molecule has 1 aromatic rings. The minimum Gasteiger partial charge on any atom is -0.392 e. The third-order valence-electron chi connectivity index (χ3n) is 4.91. The quantitative estimate of drug-likeness (QED) is 0.889. The molecule has 0 radical (unpaired) electrons. The molecule has 4 atom stereocenters. The maximum absolute atomic E-state index is 12.3. The number of aliphatic hydroxyl groups is 1. The van der Waals surface area contributed by atoms with Crippen LogP contribution in [0.5, 0.6) is 0 Å². The second-order valence-electron chi connectivity index (χ2n) is 7.25. The Hall–Kier alpha value is -1.43. The van der Waals surface area contributed by atoms with Gasteiger partial charge in [0.1, 0.15) is 0 Å². The fourth-order valence-electron chi connectivity index (χ4n) is 3.90. The van der Waals surface area contributed by atoms with E-state index >= 15 is 0 Å². The van der Waals surface area contributed by atoms with E-state index in [1.54, 1.807) is 0 Å². The largest absolute Gasteiger partial charge is 0.392 e. The van der Waals surface area contributed by atoms with E-state index in [4.69, 9.17) is 4.74 Å². The number of aliphatic hydroxyl groups excluding tert-OH is 1. The van der Waals surface area contributed by atoms with Crippen LogP contribution in [-0.2, 0) is 16.1 Å². The number of nitrogens with zero attached hydrogens (tertiary/aromatic N) is 1. The van der Waals surface area contributed by atoms with Crippen molar-refractivity contribution in [1.29, 1.82) is 0 Å². The standard InChI is InChI=1S/C19H28N2O3/c1-13-10-21(11-14(2)24-13)12-15-5-3-6-16(9-15)20-19(23)17-7-4-8-18(17)22/h3,5-6,9,13-14,17-18,22H,4,7-8,10-12H2,1-2H3,(H,20,23). The maximum atomic E-state index is 12.3. The second kappa shape index (κ2) is 7.64. The average molecular weight is 332 g/mol. The summed E-state index contributed by atoms with van der Waals surface area (Å²) in [5, 5.41) is 12.8. The van der Waals surface area contributed by atoms with Crippen molar-refractivity contribution in [2.45, 2.75) is 58.0 Å². The van der Waals surface area contributed by atoms with E-state index in [0.717, 1.165) is 44.6 Å². The average Bonchev–Trinajstić information content (AvgIpc) is 2.92. The zero-order chi connectivity index (χ0) is 17.1. The molecule has 1 aliphatic carbocycles. The van der Waals surface area contributed by atoms with Gasteiger partial charge < -0.3 is 15.2 Å². The highest BCUT2D eigenvalue weighted by Gasteiger charge is 2.31. The number of carbonyl (C=O) groups is 1. The molecule has 2 aliphatic rings. The topological polar surface area (TPSA) is 61.8 Å². The van der Waals surface area contributed by atoms with Crippen molar-refractivity contribution in [1.82, 2.24) is 4.90 Å². The van der Waals surface area contributed by atoms with Crippen LogP contribution in [0.2, 0.25) is 0 Å². The number of nitrogens with one attached hydrogen (secondary N) is 1. The van der Waals surface area contributed by atoms with Crippen LogP contribution in [0.1, 0.15) is 38.7 Å². The second-order valence-corrected chi connectivity index (χ2v) is 7.25. The number of benzene rings is 1. The van der Waals surface area contributed by atoms with Crippen LogP contribution in [0.15, 0.2) is 24.3 Å². The third-order valence-corrected chi connectivity index (χ3v) is 4.91. The van der Waals surface area contributed by atoms with Gasteiger partial charge in [-0.15, -0.1) is 0 Å². The number of carbonyl (C=O) groups excluding carboxylic acids is 1. The van der Waals surface area contributed by atoms with Crippen LogP contribution in [0, 0.1) is 5.92 Å². The lowest BCUT2D eigenvalue weighted by Crippen LogP contribution is -2.44. The lowest BCUT2D eigenvalue weighted by molar-refractivity contribution is -0.122. The number of morpholine rings is 1. The lowest BCUT2D eigenvalue weighted by Gasteiger charge is -2.35. The van der Waals surface area contributed by atoms with Gasteiger partial charge in [-0.1, -0.05) is 12.1 Å². The van der Waals surface area contributed by atoms with E-state index in [1.165, 1.54) is 5.56 Å². The van der Waals surface area contributed by atoms with Crippen molar-refractivity contribution >= 4 is 11.6 Å². The summed E-state index contributed by atoms with van der Waals surface area (Å²) in [4.78, 5) is 14.7. The van der Waals surface area contributed by atoms with Crippen molar-refractivity contribution in [3.63, 3.8) is 0 Å². The molecule has 5 nitrogen and oxygen atoms in total. The molecule has 1 aliphatic heterocycles. The summed E-state index contributed by atoms with van der Waals surface area (Å²) in [7, 11) is 0. The first-order chi connectivity index (χ1) is 11.5. The third kappa shape index (κ3) is 4.35. The molecular weight excluding hydrogens is 304 g/mol. The maximum Gasteiger partial charge on any atom is 0.230 e. The van der Waals surface area contributed by atoms with Gasteiger partial charge in [-0.25, -0.2) is 0 Å². The molecule has 0 bridgehead atoms. The Labute approximate surface area is 144 Å². The molecule has 0 aromatic heterocycles. The number of ether oxygens (including phenoxy) is 1. The molecule has 4 unspecified atom stereocenters. The zero-order valence-corrected chi connectivity index (χ0v) is 14.6. The van der Waals surface area contributed by atoms with Crippen molar-refractivity contribution in [2.24, 2.45) is 5.92 Å². The Morgan fingerprint density at radius 1 is 1.29 bits per heavy atom. The monoisotopic (exact) mass is 332 g/mol. The Morgan fingerprint density at radius 3 is 2.71 bits per heavy atom. The molecule has 24 heavy (non-hydrogen) atoms. The summed E-state index contributed by atoms with van der Waals surface area (Å²) in [6, 6.07) is 8.01. The van der Waals surface area contributed by atoms with Crippen LogP contribution < -0.4 is 5.32 Å². The highest BCUT2D eigenvalue weighted by Crippen LogP contribution is 2.27. The van der Waals surface area contributed by atoms with Crippen molar-refractivity contribution < 1.29 is 14.6 Å². The van der Waals surface area contributed by atoms with Gasteiger partial charge >= 0.3 is 0 Å². The predicted octanol–water partition coefficient (Wildman–Crippen LogP) is 2.40. The van der Waals surface area contributed by atoms with Gasteiger partial charge in [0.25, 0.3) is 0 Å². The summed E-state index contributed by atoms with van der Waals surface area (Å²) in [5.74, 6) is -0.333. The molecular formula is C19H28N2O3. The van der Waals surface area contributed by atoms with Crippen LogP contribution in [-0.4, -0.2) is 47.3 Å². The van der Waals surface area contributed by atoms with E-state index in [-0.39, 0.29) is 24.0 Å². The van der Waals surface area contributed by atoms with Gasteiger partial charge in [0.15, 0.2) is 0 Å². The van der Waals surface area contributed by atoms with Gasteiger partial charge in [-0.2, -0.15) is 0 Å². The number of hydrogen-bond donors (Lipinski definition) is 2. The first-order valence-electron chi connectivity index (χ1n) is 8.97. The van der Waals surface area contributed by atoms with Gasteiger partial charge in [0.05, 0.1) is 24.2 Å². The SMILES string of the molecule is CC1CN(Cc2cccc(NC(=O)C3CCCC3O)c2)CC(C)O1. The molecule has 1 aromatic carbocycles. The Balaban J connectivity index is 1.60. The van der Waals surface area contributed by atoms with Crippen molar-refractivity contribution in [3.05, 3.63) is 29.8 Å². The summed E-state index contributed by atoms with van der Waals surface area (Å²) < 4.78 is 5.78. The minimum absolute atomic E-state index is 0.0641. The molecule has 1 amide bonds.